The number of phenols is 1. The highest BCUT2D eigenvalue weighted by Gasteiger charge is 2.23. The highest BCUT2D eigenvalue weighted by atomic mass is 19.1. The summed E-state index contributed by atoms with van der Waals surface area (Å²) in [6.45, 7) is 2.01. The summed E-state index contributed by atoms with van der Waals surface area (Å²) < 4.78 is 18.1. The van der Waals surface area contributed by atoms with Crippen LogP contribution in [0.2, 0.25) is 0 Å². The van der Waals surface area contributed by atoms with E-state index in [1.165, 1.54) is 18.2 Å². The summed E-state index contributed by atoms with van der Waals surface area (Å²) in [4.78, 5) is 10.4. The maximum Gasteiger partial charge on any atom is 0.343 e. The van der Waals surface area contributed by atoms with Crippen LogP contribution in [0.25, 0.3) is 0 Å². The largest absolute Gasteiger partial charge is 0.504 e. The Labute approximate surface area is 85.9 Å². The number of carboxylic acid groups (broad SMARTS) is 1. The van der Waals surface area contributed by atoms with Crippen LogP contribution in [-0.2, 0) is 4.79 Å². The molecule has 0 fully saturated rings. The lowest BCUT2D eigenvalue weighted by Gasteiger charge is -2.10. The first-order chi connectivity index (χ1) is 7.07. The molecule has 0 bridgehead atoms. The molecule has 2 N–H and O–H groups in total. The van der Waals surface area contributed by atoms with Crippen molar-refractivity contribution in [1.29, 1.82) is 0 Å². The molecule has 15 heavy (non-hydrogen) atoms. The van der Waals surface area contributed by atoms with E-state index >= 15 is 0 Å². The van der Waals surface area contributed by atoms with Gasteiger partial charge in [-0.2, -0.15) is 0 Å². The number of carboxylic acids is 1. The van der Waals surface area contributed by atoms with Gasteiger partial charge in [0.15, 0.2) is 11.5 Å². The van der Waals surface area contributed by atoms with Crippen molar-refractivity contribution in [3.63, 3.8) is 0 Å². The summed E-state index contributed by atoms with van der Waals surface area (Å²) in [5.74, 6) is -2.02. The molecule has 0 aliphatic carbocycles. The fourth-order valence-electron chi connectivity index (χ4n) is 1.15. The fourth-order valence-corrected chi connectivity index (χ4v) is 1.15. The van der Waals surface area contributed by atoms with Crippen LogP contribution in [0.1, 0.15) is 18.7 Å². The van der Waals surface area contributed by atoms with Gasteiger partial charge in [-0.05, 0) is 13.0 Å². The van der Waals surface area contributed by atoms with E-state index in [9.17, 15) is 14.3 Å². The van der Waals surface area contributed by atoms with Gasteiger partial charge >= 0.3 is 5.97 Å². The first-order valence-electron chi connectivity index (χ1n) is 4.39. The molecule has 82 valence electrons. The van der Waals surface area contributed by atoms with Crippen molar-refractivity contribution < 1.29 is 24.1 Å². The monoisotopic (exact) mass is 214 g/mol. The molecule has 0 spiro atoms. The Hall–Kier alpha value is -1.78. The van der Waals surface area contributed by atoms with E-state index in [-0.39, 0.29) is 11.3 Å². The Morgan fingerprint density at radius 3 is 2.80 bits per heavy atom. The Balaban J connectivity index is 3.08. The van der Waals surface area contributed by atoms with Gasteiger partial charge in [0.25, 0.3) is 0 Å². The van der Waals surface area contributed by atoms with E-state index in [0.29, 0.717) is 6.61 Å². The molecule has 0 saturated carbocycles. The van der Waals surface area contributed by atoms with E-state index in [1.807, 2.05) is 0 Å². The van der Waals surface area contributed by atoms with E-state index < -0.39 is 17.9 Å². The molecule has 1 aromatic rings. The predicted molar refractivity (Wildman–Crippen MR) is 50.8 cm³/mol. The van der Waals surface area contributed by atoms with Crippen LogP contribution in [0.15, 0.2) is 18.2 Å². The highest BCUT2D eigenvalue weighted by molar-refractivity contribution is 5.75. The number of para-hydroxylation sites is 1. The van der Waals surface area contributed by atoms with Gasteiger partial charge in [-0.1, -0.05) is 12.1 Å². The number of benzene rings is 1. The van der Waals surface area contributed by atoms with Crippen molar-refractivity contribution in [2.24, 2.45) is 0 Å². The molecule has 0 aliphatic heterocycles. The minimum Gasteiger partial charge on any atom is -0.504 e. The molecular formula is C10H11FO4. The molecule has 0 radical (unpaired) electrons. The second-order valence-corrected chi connectivity index (χ2v) is 2.83. The average Bonchev–Trinajstić information content (AvgIpc) is 2.20. The number of carbonyl (C=O) groups is 1. The summed E-state index contributed by atoms with van der Waals surface area (Å²) in [5, 5.41) is 18.0. The predicted octanol–water partition coefficient (Wildman–Crippen LogP) is 1.89. The van der Waals surface area contributed by atoms with Crippen molar-refractivity contribution in [2.75, 3.05) is 6.61 Å². The number of alkyl halides is 1. The molecule has 0 aliphatic rings. The lowest BCUT2D eigenvalue weighted by atomic mass is 10.1. The van der Waals surface area contributed by atoms with Crippen LogP contribution in [0.3, 0.4) is 0 Å². The third kappa shape index (κ3) is 2.37. The van der Waals surface area contributed by atoms with E-state index in [1.54, 1.807) is 6.92 Å². The van der Waals surface area contributed by atoms with Gasteiger partial charge in [0.2, 0.25) is 6.17 Å². The van der Waals surface area contributed by atoms with Gasteiger partial charge in [-0.15, -0.1) is 0 Å². The van der Waals surface area contributed by atoms with Crippen molar-refractivity contribution in [3.8, 4) is 11.5 Å². The van der Waals surface area contributed by atoms with Crippen LogP contribution < -0.4 is 4.74 Å². The molecular weight excluding hydrogens is 203 g/mol. The zero-order valence-electron chi connectivity index (χ0n) is 8.11. The number of hydrogen-bond acceptors (Lipinski definition) is 3. The number of phenolic OH excluding ortho intramolecular Hbond substituents is 1. The second kappa shape index (κ2) is 4.63. The molecule has 0 aromatic heterocycles. The number of rotatable bonds is 4. The topological polar surface area (TPSA) is 66.8 Å². The maximum atomic E-state index is 13.1. The molecule has 0 heterocycles. The van der Waals surface area contributed by atoms with Crippen LogP contribution >= 0.6 is 0 Å². The van der Waals surface area contributed by atoms with Crippen LogP contribution in [-0.4, -0.2) is 22.8 Å². The standard InChI is InChI=1S/C10H11FO4/c1-2-15-7-5-3-4-6(9(7)12)8(11)10(13)14/h3-5,8,12H,2H2,1H3,(H,13,14). The third-order valence-corrected chi connectivity index (χ3v) is 1.82. The molecule has 1 rings (SSSR count). The number of aromatic hydroxyl groups is 1. The Kier molecular flexibility index (Phi) is 3.49. The highest BCUT2D eigenvalue weighted by Crippen LogP contribution is 2.35. The van der Waals surface area contributed by atoms with Crippen LogP contribution in [0, 0.1) is 0 Å². The minimum atomic E-state index is -2.24. The number of halogens is 1. The smallest absolute Gasteiger partial charge is 0.343 e. The fraction of sp³-hybridized carbons (Fsp3) is 0.300. The first kappa shape index (κ1) is 11.3. The molecule has 0 saturated heterocycles. The van der Waals surface area contributed by atoms with Crippen molar-refractivity contribution in [2.45, 2.75) is 13.1 Å². The van der Waals surface area contributed by atoms with Gasteiger partial charge in [0.1, 0.15) is 0 Å². The summed E-state index contributed by atoms with van der Waals surface area (Å²) >= 11 is 0. The summed E-state index contributed by atoms with van der Waals surface area (Å²) in [6, 6.07) is 4.07. The lowest BCUT2D eigenvalue weighted by Crippen LogP contribution is -2.06. The third-order valence-electron chi connectivity index (χ3n) is 1.82. The minimum absolute atomic E-state index is 0.0823. The Bertz CT molecular complexity index is 364. The van der Waals surface area contributed by atoms with Crippen LogP contribution in [0.5, 0.6) is 11.5 Å². The molecule has 4 nitrogen and oxygen atoms in total. The molecule has 0 amide bonds. The van der Waals surface area contributed by atoms with Gasteiger partial charge < -0.3 is 14.9 Å². The van der Waals surface area contributed by atoms with Crippen molar-refractivity contribution >= 4 is 5.97 Å². The number of hydrogen-bond donors (Lipinski definition) is 2. The van der Waals surface area contributed by atoms with Crippen LogP contribution in [0.4, 0.5) is 4.39 Å². The zero-order chi connectivity index (χ0) is 11.4. The molecule has 5 heteroatoms. The van der Waals surface area contributed by atoms with Gasteiger partial charge in [0, 0.05) is 5.56 Å². The van der Waals surface area contributed by atoms with Gasteiger partial charge in [-0.3, -0.25) is 0 Å². The van der Waals surface area contributed by atoms with E-state index in [2.05, 4.69) is 0 Å². The average molecular weight is 214 g/mol. The summed E-state index contributed by atoms with van der Waals surface area (Å²) in [5.41, 5.74) is -0.298. The number of aliphatic carboxylic acids is 1. The molecule has 1 unspecified atom stereocenters. The second-order valence-electron chi connectivity index (χ2n) is 2.83. The Morgan fingerprint density at radius 1 is 1.60 bits per heavy atom. The maximum absolute atomic E-state index is 13.1. The van der Waals surface area contributed by atoms with Gasteiger partial charge in [-0.25, -0.2) is 9.18 Å². The SMILES string of the molecule is CCOc1cccc(C(F)C(=O)O)c1O. The van der Waals surface area contributed by atoms with E-state index in [4.69, 9.17) is 9.84 Å². The normalized spacial score (nSPS) is 12.1. The molecule has 1 atom stereocenters. The van der Waals surface area contributed by atoms with E-state index in [0.717, 1.165) is 0 Å². The zero-order valence-corrected chi connectivity index (χ0v) is 8.11. The summed E-state index contributed by atoms with van der Waals surface area (Å²) in [6.07, 6.45) is -2.24. The van der Waals surface area contributed by atoms with Crippen molar-refractivity contribution in [1.82, 2.24) is 0 Å². The number of ether oxygens (including phenoxy) is 1. The lowest BCUT2D eigenvalue weighted by molar-refractivity contribution is -0.143. The molecule has 1 aromatic carbocycles. The summed E-state index contributed by atoms with van der Waals surface area (Å²) in [7, 11) is 0. The Morgan fingerprint density at radius 2 is 2.27 bits per heavy atom. The first-order valence-corrected chi connectivity index (χ1v) is 4.39. The quantitative estimate of drug-likeness (QED) is 0.803. The van der Waals surface area contributed by atoms with Gasteiger partial charge in [0.05, 0.1) is 6.61 Å². The van der Waals surface area contributed by atoms with Crippen molar-refractivity contribution in [3.05, 3.63) is 23.8 Å².